The lowest BCUT2D eigenvalue weighted by molar-refractivity contribution is 0.0131. The lowest BCUT2D eigenvalue weighted by Crippen LogP contribution is -2.41. The molecule has 0 spiro atoms. The van der Waals surface area contributed by atoms with E-state index in [0.29, 0.717) is 6.54 Å². The zero-order valence-corrected chi connectivity index (χ0v) is 18.2. The molecule has 0 atom stereocenters. The van der Waals surface area contributed by atoms with Crippen LogP contribution in [0.3, 0.4) is 0 Å². The Hall–Kier alpha value is -0.410. The van der Waals surface area contributed by atoms with E-state index in [1.165, 1.54) is 11.3 Å². The van der Waals surface area contributed by atoms with E-state index < -0.39 is 5.60 Å². The highest BCUT2D eigenvalue weighted by atomic mass is 127. The van der Waals surface area contributed by atoms with Gasteiger partial charge in [0.1, 0.15) is 0 Å². The fourth-order valence-electron chi connectivity index (χ4n) is 2.87. The molecule has 1 aliphatic carbocycles. The van der Waals surface area contributed by atoms with Crippen molar-refractivity contribution in [3.63, 3.8) is 0 Å². The van der Waals surface area contributed by atoms with Crippen molar-refractivity contribution in [2.45, 2.75) is 64.9 Å². The summed E-state index contributed by atoms with van der Waals surface area (Å²) in [7, 11) is 0. The smallest absolute Gasteiger partial charge is 0.191 e. The molecule has 0 radical (unpaired) electrons. The number of aliphatic hydroxyl groups is 1. The molecule has 0 amide bonds. The third-order valence-electron chi connectivity index (χ3n) is 4.36. The highest BCUT2D eigenvalue weighted by Gasteiger charge is 2.28. The molecule has 0 bridgehead atoms. The zero-order chi connectivity index (χ0) is 16.7. The first kappa shape index (κ1) is 21.6. The molecule has 138 valence electrons. The molecule has 0 unspecified atom stereocenters. The van der Waals surface area contributed by atoms with Crippen LogP contribution in [-0.2, 0) is 6.42 Å². The molecule has 3 N–H and O–H groups in total. The van der Waals surface area contributed by atoms with Crippen LogP contribution in [0.5, 0.6) is 0 Å². The third kappa shape index (κ3) is 6.84. The Balaban J connectivity index is 0.00000288. The van der Waals surface area contributed by atoms with Gasteiger partial charge in [0.15, 0.2) is 5.96 Å². The van der Waals surface area contributed by atoms with E-state index in [2.05, 4.69) is 41.4 Å². The normalized spacial score (nSPS) is 17.2. The number of aliphatic imine (C=N–C) groups is 1. The Morgan fingerprint density at radius 3 is 2.54 bits per heavy atom. The van der Waals surface area contributed by atoms with Crippen LogP contribution in [-0.4, -0.2) is 41.3 Å². The van der Waals surface area contributed by atoms with Gasteiger partial charge in [-0.15, -0.1) is 35.3 Å². The Bertz CT molecular complexity index is 507. The van der Waals surface area contributed by atoms with Gasteiger partial charge in [0, 0.05) is 24.4 Å². The van der Waals surface area contributed by atoms with E-state index in [0.717, 1.165) is 61.9 Å². The summed E-state index contributed by atoms with van der Waals surface area (Å²) in [5.41, 5.74) is 0.523. The number of halogens is 1. The summed E-state index contributed by atoms with van der Waals surface area (Å²) in [6, 6.07) is 0. The molecule has 2 rings (SSSR count). The van der Waals surface area contributed by atoms with Crippen LogP contribution in [0.4, 0.5) is 0 Å². The Kier molecular flexibility index (Phi) is 9.51. The molecule has 24 heavy (non-hydrogen) atoms. The van der Waals surface area contributed by atoms with Crippen LogP contribution in [0.15, 0.2) is 4.99 Å². The molecule has 1 aliphatic rings. The highest BCUT2D eigenvalue weighted by Crippen LogP contribution is 2.28. The van der Waals surface area contributed by atoms with Crippen LogP contribution in [0, 0.1) is 13.8 Å². The van der Waals surface area contributed by atoms with Gasteiger partial charge in [-0.25, -0.2) is 4.98 Å². The molecule has 1 fully saturated rings. The monoisotopic (exact) mass is 466 g/mol. The van der Waals surface area contributed by atoms with Crippen molar-refractivity contribution in [3.8, 4) is 0 Å². The summed E-state index contributed by atoms with van der Waals surface area (Å²) in [6.45, 7) is 8.33. The summed E-state index contributed by atoms with van der Waals surface area (Å²) in [6.07, 6.45) is 6.09. The quantitative estimate of drug-likeness (QED) is 0.342. The largest absolute Gasteiger partial charge is 0.388 e. The van der Waals surface area contributed by atoms with Gasteiger partial charge in [-0.3, -0.25) is 4.99 Å². The highest BCUT2D eigenvalue weighted by molar-refractivity contribution is 14.0. The second kappa shape index (κ2) is 10.6. The lowest BCUT2D eigenvalue weighted by atomic mass is 9.85. The van der Waals surface area contributed by atoms with E-state index >= 15 is 0 Å². The standard InChI is InChI=1S/C17H30N4OS.HI/c1-4-18-16(20-12-17(22)9-6-5-7-10-17)19-11-8-15-21-13(2)14(3)23-15;/h22H,4-12H2,1-3H3,(H2,18,19,20);1H. The number of guanidine groups is 1. The molecular formula is C17H31IN4OS. The minimum absolute atomic E-state index is 0. The maximum atomic E-state index is 10.6. The summed E-state index contributed by atoms with van der Waals surface area (Å²) < 4.78 is 0. The summed E-state index contributed by atoms with van der Waals surface area (Å²) in [5, 5.41) is 18.3. The number of rotatable bonds is 6. The first-order valence-electron chi connectivity index (χ1n) is 8.70. The number of hydrogen-bond donors (Lipinski definition) is 3. The lowest BCUT2D eigenvalue weighted by Gasteiger charge is -2.30. The molecule has 7 heteroatoms. The number of nitrogens with zero attached hydrogens (tertiary/aromatic N) is 2. The average Bonchev–Trinajstić information content (AvgIpc) is 2.84. The average molecular weight is 466 g/mol. The minimum atomic E-state index is -0.607. The van der Waals surface area contributed by atoms with Crippen molar-refractivity contribution in [1.82, 2.24) is 15.6 Å². The van der Waals surface area contributed by atoms with Gasteiger partial charge in [-0.1, -0.05) is 19.3 Å². The van der Waals surface area contributed by atoms with Gasteiger partial charge in [0.25, 0.3) is 0 Å². The van der Waals surface area contributed by atoms with Crippen LogP contribution < -0.4 is 10.6 Å². The molecule has 0 aromatic carbocycles. The molecule has 1 saturated carbocycles. The van der Waals surface area contributed by atoms with Gasteiger partial charge < -0.3 is 15.7 Å². The van der Waals surface area contributed by atoms with Gasteiger partial charge >= 0.3 is 0 Å². The molecule has 0 aliphatic heterocycles. The van der Waals surface area contributed by atoms with E-state index in [-0.39, 0.29) is 24.0 Å². The summed E-state index contributed by atoms with van der Waals surface area (Å²) in [4.78, 5) is 10.4. The van der Waals surface area contributed by atoms with Crippen molar-refractivity contribution in [1.29, 1.82) is 0 Å². The number of aromatic nitrogens is 1. The van der Waals surface area contributed by atoms with Crippen molar-refractivity contribution < 1.29 is 5.11 Å². The van der Waals surface area contributed by atoms with Crippen molar-refractivity contribution in [3.05, 3.63) is 15.6 Å². The van der Waals surface area contributed by atoms with Crippen LogP contribution in [0.1, 0.15) is 54.6 Å². The van der Waals surface area contributed by atoms with Crippen molar-refractivity contribution in [2.24, 2.45) is 4.99 Å². The maximum absolute atomic E-state index is 10.6. The molecule has 1 heterocycles. The van der Waals surface area contributed by atoms with Crippen LogP contribution in [0.2, 0.25) is 0 Å². The Morgan fingerprint density at radius 2 is 1.96 bits per heavy atom. The van der Waals surface area contributed by atoms with Gasteiger partial charge in [-0.2, -0.15) is 0 Å². The minimum Gasteiger partial charge on any atom is -0.388 e. The van der Waals surface area contributed by atoms with Crippen molar-refractivity contribution in [2.75, 3.05) is 19.6 Å². The summed E-state index contributed by atoms with van der Waals surface area (Å²) >= 11 is 1.76. The maximum Gasteiger partial charge on any atom is 0.191 e. The fraction of sp³-hybridized carbons (Fsp3) is 0.765. The first-order valence-corrected chi connectivity index (χ1v) is 9.51. The third-order valence-corrected chi connectivity index (χ3v) is 5.50. The van der Waals surface area contributed by atoms with Crippen LogP contribution >= 0.6 is 35.3 Å². The first-order chi connectivity index (χ1) is 11.0. The zero-order valence-electron chi connectivity index (χ0n) is 15.0. The predicted molar refractivity (Wildman–Crippen MR) is 113 cm³/mol. The van der Waals surface area contributed by atoms with Gasteiger partial charge in [0.2, 0.25) is 0 Å². The van der Waals surface area contributed by atoms with Crippen molar-refractivity contribution >= 4 is 41.3 Å². The number of thiazole rings is 1. The second-order valence-corrected chi connectivity index (χ2v) is 7.69. The van der Waals surface area contributed by atoms with E-state index in [9.17, 15) is 5.11 Å². The SMILES string of the molecule is CCNC(=NCC1(O)CCCCC1)NCCc1nc(C)c(C)s1.I. The molecule has 1 aromatic rings. The number of hydrogen-bond acceptors (Lipinski definition) is 4. The van der Waals surface area contributed by atoms with Gasteiger partial charge in [0.05, 0.1) is 22.8 Å². The predicted octanol–water partition coefficient (Wildman–Crippen LogP) is 3.17. The summed E-state index contributed by atoms with van der Waals surface area (Å²) in [5.74, 6) is 0.788. The van der Waals surface area contributed by atoms with E-state index in [4.69, 9.17) is 0 Å². The molecule has 0 saturated heterocycles. The Morgan fingerprint density at radius 1 is 1.25 bits per heavy atom. The van der Waals surface area contributed by atoms with Gasteiger partial charge in [-0.05, 0) is 33.6 Å². The van der Waals surface area contributed by atoms with E-state index in [1.54, 1.807) is 11.3 Å². The fourth-order valence-corrected chi connectivity index (χ4v) is 3.80. The van der Waals surface area contributed by atoms with E-state index in [1.807, 2.05) is 0 Å². The Labute approximate surface area is 166 Å². The molecule has 5 nitrogen and oxygen atoms in total. The topological polar surface area (TPSA) is 69.5 Å². The molecule has 1 aromatic heterocycles. The van der Waals surface area contributed by atoms with Crippen LogP contribution in [0.25, 0.3) is 0 Å². The second-order valence-electron chi connectivity index (χ2n) is 6.41. The number of aryl methyl sites for hydroxylation is 2. The number of nitrogens with one attached hydrogen (secondary N) is 2. The molecular weight excluding hydrogens is 435 g/mol.